The van der Waals surface area contributed by atoms with E-state index in [0.29, 0.717) is 12.0 Å². The van der Waals surface area contributed by atoms with Crippen molar-refractivity contribution in [2.45, 2.75) is 0 Å². The van der Waals surface area contributed by atoms with Gasteiger partial charge >= 0.3 is 0 Å². The maximum Gasteiger partial charge on any atom is 0.253 e. The van der Waals surface area contributed by atoms with Crippen LogP contribution in [0.1, 0.15) is 0 Å². The number of ether oxygens (including phenoxy) is 2. The molecule has 1 aliphatic rings. The van der Waals surface area contributed by atoms with Crippen molar-refractivity contribution in [2.24, 2.45) is 0 Å². The molecule has 1 rings (SSSR count). The van der Waals surface area contributed by atoms with Crippen molar-refractivity contribution in [1.29, 1.82) is 0 Å². The molecule has 3 heteroatoms. The number of rotatable bonds is 2. The van der Waals surface area contributed by atoms with Gasteiger partial charge in [0.05, 0.1) is 7.11 Å². The molecule has 0 aromatic heterocycles. The molecule has 1 heterocycles. The van der Waals surface area contributed by atoms with E-state index in [4.69, 9.17) is 9.47 Å². The summed E-state index contributed by atoms with van der Waals surface area (Å²) in [7, 11) is 3.19. The van der Waals surface area contributed by atoms with Crippen molar-refractivity contribution >= 4 is 0 Å². The number of dihydropyridines is 1. The summed E-state index contributed by atoms with van der Waals surface area (Å²) < 4.78 is 9.94. The fraction of sp³-hybridized carbons (Fsp3) is 0.286. The van der Waals surface area contributed by atoms with Crippen molar-refractivity contribution in [2.75, 3.05) is 14.2 Å². The van der Waals surface area contributed by atoms with E-state index in [1.54, 1.807) is 20.4 Å². The van der Waals surface area contributed by atoms with Gasteiger partial charge in [-0.15, -0.1) is 0 Å². The zero-order valence-corrected chi connectivity index (χ0v) is 6.05. The molecule has 0 atom stereocenters. The predicted octanol–water partition coefficient (Wildman–Crippen LogP) is 0.769. The van der Waals surface area contributed by atoms with Crippen LogP contribution in [-0.2, 0) is 9.47 Å². The second-order valence-electron chi connectivity index (χ2n) is 1.77. The summed E-state index contributed by atoms with van der Waals surface area (Å²) >= 11 is 0. The number of allylic oxidation sites excluding steroid dienone is 2. The van der Waals surface area contributed by atoms with E-state index < -0.39 is 0 Å². The summed E-state index contributed by atoms with van der Waals surface area (Å²) in [5, 5.41) is 2.89. The Balaban J connectivity index is 2.61. The van der Waals surface area contributed by atoms with E-state index in [0.717, 1.165) is 0 Å². The fourth-order valence-electron chi connectivity index (χ4n) is 0.726. The molecule has 0 saturated heterocycles. The van der Waals surface area contributed by atoms with E-state index in [1.165, 1.54) is 0 Å². The molecule has 1 N–H and O–H groups in total. The average Bonchev–Trinajstić information content (AvgIpc) is 2.04. The van der Waals surface area contributed by atoms with E-state index in [2.05, 4.69) is 5.32 Å². The van der Waals surface area contributed by atoms with Crippen LogP contribution in [0.25, 0.3) is 0 Å². The minimum Gasteiger partial charge on any atom is -0.496 e. The van der Waals surface area contributed by atoms with Crippen LogP contribution in [0.15, 0.2) is 24.1 Å². The third-order valence-corrected chi connectivity index (χ3v) is 1.21. The maximum atomic E-state index is 4.98. The molecule has 0 aromatic rings. The van der Waals surface area contributed by atoms with Crippen molar-refractivity contribution in [3.05, 3.63) is 30.3 Å². The van der Waals surface area contributed by atoms with E-state index in [1.807, 2.05) is 12.2 Å². The van der Waals surface area contributed by atoms with Gasteiger partial charge < -0.3 is 14.8 Å². The lowest BCUT2D eigenvalue weighted by atomic mass is 10.3. The fourth-order valence-corrected chi connectivity index (χ4v) is 0.726. The first-order valence-corrected chi connectivity index (χ1v) is 2.97. The van der Waals surface area contributed by atoms with Crippen LogP contribution in [0.3, 0.4) is 0 Å². The highest BCUT2D eigenvalue weighted by atomic mass is 16.5. The summed E-state index contributed by atoms with van der Waals surface area (Å²) in [6.45, 7) is 0. The molecule has 55 valence electrons. The highest BCUT2D eigenvalue weighted by molar-refractivity contribution is 5.23. The van der Waals surface area contributed by atoms with Crippen molar-refractivity contribution < 1.29 is 9.47 Å². The van der Waals surface area contributed by atoms with Gasteiger partial charge in [0.1, 0.15) is 0 Å². The molecule has 1 radical (unpaired) electrons. The monoisotopic (exact) mass is 140 g/mol. The van der Waals surface area contributed by atoms with Gasteiger partial charge in [0.15, 0.2) is 5.76 Å². The van der Waals surface area contributed by atoms with Crippen molar-refractivity contribution in [3.8, 4) is 0 Å². The summed E-state index contributed by atoms with van der Waals surface area (Å²) in [6.07, 6.45) is 6.10. The van der Waals surface area contributed by atoms with Gasteiger partial charge in [-0.2, -0.15) is 0 Å². The minimum atomic E-state index is 0.644. The van der Waals surface area contributed by atoms with Crippen molar-refractivity contribution in [1.82, 2.24) is 5.32 Å². The minimum absolute atomic E-state index is 0.644. The van der Waals surface area contributed by atoms with Crippen LogP contribution in [0.2, 0.25) is 0 Å². The topological polar surface area (TPSA) is 30.5 Å². The number of methoxy groups -OCH3 is 2. The first-order valence-electron chi connectivity index (χ1n) is 2.97. The lowest BCUT2D eigenvalue weighted by molar-refractivity contribution is 0.145. The summed E-state index contributed by atoms with van der Waals surface area (Å²) in [5.41, 5.74) is 0. The van der Waals surface area contributed by atoms with Crippen molar-refractivity contribution in [3.63, 3.8) is 0 Å². The zero-order chi connectivity index (χ0) is 7.40. The molecule has 0 amide bonds. The molecular weight excluding hydrogens is 130 g/mol. The van der Waals surface area contributed by atoms with Gasteiger partial charge in [0, 0.05) is 7.11 Å². The van der Waals surface area contributed by atoms with Gasteiger partial charge in [-0.3, -0.25) is 0 Å². The molecule has 10 heavy (non-hydrogen) atoms. The second-order valence-corrected chi connectivity index (χ2v) is 1.77. The number of nitrogens with one attached hydrogen (secondary N) is 1. The van der Waals surface area contributed by atoms with Crippen LogP contribution < -0.4 is 5.32 Å². The Hall–Kier alpha value is -0.960. The lowest BCUT2D eigenvalue weighted by Crippen LogP contribution is -2.22. The smallest absolute Gasteiger partial charge is 0.253 e. The largest absolute Gasteiger partial charge is 0.496 e. The van der Waals surface area contributed by atoms with E-state index in [9.17, 15) is 0 Å². The van der Waals surface area contributed by atoms with Crippen LogP contribution >= 0.6 is 0 Å². The molecule has 0 spiro atoms. The second kappa shape index (κ2) is 3.27. The molecular formula is C7H10NO2. The van der Waals surface area contributed by atoms with E-state index in [-0.39, 0.29) is 0 Å². The SMILES string of the molecule is CO[C]1NC=CC=C1OC. The Morgan fingerprint density at radius 3 is 2.60 bits per heavy atom. The van der Waals surface area contributed by atoms with Crippen LogP contribution in [0, 0.1) is 6.23 Å². The van der Waals surface area contributed by atoms with Gasteiger partial charge in [-0.1, -0.05) is 0 Å². The van der Waals surface area contributed by atoms with E-state index >= 15 is 0 Å². The lowest BCUT2D eigenvalue weighted by Gasteiger charge is -2.17. The zero-order valence-electron chi connectivity index (χ0n) is 6.05. The molecule has 0 aromatic carbocycles. The number of hydrogen-bond donors (Lipinski definition) is 1. The quantitative estimate of drug-likeness (QED) is 0.614. The first-order chi connectivity index (χ1) is 4.88. The summed E-state index contributed by atoms with van der Waals surface area (Å²) in [6, 6.07) is 0. The molecule has 0 saturated carbocycles. The Morgan fingerprint density at radius 2 is 2.10 bits per heavy atom. The van der Waals surface area contributed by atoms with Gasteiger partial charge in [0.2, 0.25) is 0 Å². The number of hydrogen-bond acceptors (Lipinski definition) is 3. The van der Waals surface area contributed by atoms with Crippen LogP contribution in [0.4, 0.5) is 0 Å². The normalized spacial score (nSPS) is 18.0. The standard InChI is InChI=1S/C7H10NO2/c1-9-6-4-3-5-8-7(6)10-2/h3-5,8H,1-2H3. The summed E-state index contributed by atoms with van der Waals surface area (Å²) in [5.74, 6) is 0.713. The van der Waals surface area contributed by atoms with Crippen LogP contribution in [-0.4, -0.2) is 14.2 Å². The van der Waals surface area contributed by atoms with Gasteiger partial charge in [0.25, 0.3) is 6.23 Å². The van der Waals surface area contributed by atoms with Gasteiger partial charge in [-0.05, 0) is 18.4 Å². The highest BCUT2D eigenvalue weighted by Crippen LogP contribution is 2.14. The molecule has 3 nitrogen and oxygen atoms in total. The summed E-state index contributed by atoms with van der Waals surface area (Å²) in [4.78, 5) is 0. The average molecular weight is 140 g/mol. The third-order valence-electron chi connectivity index (χ3n) is 1.21. The Labute approximate surface area is 60.3 Å². The predicted molar refractivity (Wildman–Crippen MR) is 37.6 cm³/mol. The first kappa shape index (κ1) is 7.15. The highest BCUT2D eigenvalue weighted by Gasteiger charge is 2.15. The Morgan fingerprint density at radius 1 is 1.30 bits per heavy atom. The Bertz CT molecular complexity index is 163. The molecule has 1 aliphatic heterocycles. The maximum absolute atomic E-state index is 4.98. The Kier molecular flexibility index (Phi) is 2.34. The molecule has 0 unspecified atom stereocenters. The molecule has 0 fully saturated rings. The third kappa shape index (κ3) is 1.30. The molecule has 0 bridgehead atoms. The molecule has 0 aliphatic carbocycles. The van der Waals surface area contributed by atoms with Crippen LogP contribution in [0.5, 0.6) is 0 Å². The van der Waals surface area contributed by atoms with Gasteiger partial charge in [-0.25, -0.2) is 0 Å².